The SMILES string of the molecule is CCCN(CC)Cc1cc(CNCC)oc1C. The highest BCUT2D eigenvalue weighted by atomic mass is 16.3. The highest BCUT2D eigenvalue weighted by Crippen LogP contribution is 2.16. The minimum Gasteiger partial charge on any atom is -0.465 e. The van der Waals surface area contributed by atoms with Crippen molar-refractivity contribution in [2.24, 2.45) is 0 Å². The van der Waals surface area contributed by atoms with E-state index in [2.05, 4.69) is 44.0 Å². The Balaban J connectivity index is 2.60. The molecule has 0 bridgehead atoms. The number of nitrogens with zero attached hydrogens (tertiary/aromatic N) is 1. The van der Waals surface area contributed by atoms with Gasteiger partial charge in [-0.05, 0) is 39.0 Å². The number of hydrogen-bond donors (Lipinski definition) is 1. The summed E-state index contributed by atoms with van der Waals surface area (Å²) in [5, 5.41) is 3.29. The van der Waals surface area contributed by atoms with Gasteiger partial charge >= 0.3 is 0 Å². The van der Waals surface area contributed by atoms with Crippen molar-refractivity contribution >= 4 is 0 Å². The van der Waals surface area contributed by atoms with Gasteiger partial charge in [0.15, 0.2) is 0 Å². The molecule has 3 heteroatoms. The van der Waals surface area contributed by atoms with E-state index in [9.17, 15) is 0 Å². The zero-order valence-electron chi connectivity index (χ0n) is 11.7. The number of rotatable bonds is 8. The third kappa shape index (κ3) is 4.52. The van der Waals surface area contributed by atoms with E-state index >= 15 is 0 Å². The summed E-state index contributed by atoms with van der Waals surface area (Å²) in [5.74, 6) is 2.11. The zero-order chi connectivity index (χ0) is 12.7. The summed E-state index contributed by atoms with van der Waals surface area (Å²) in [6, 6.07) is 2.19. The first-order valence-electron chi connectivity index (χ1n) is 6.72. The van der Waals surface area contributed by atoms with E-state index in [0.717, 1.165) is 44.2 Å². The molecule has 0 radical (unpaired) electrons. The van der Waals surface area contributed by atoms with Gasteiger partial charge in [0.25, 0.3) is 0 Å². The average Bonchev–Trinajstić information content (AvgIpc) is 2.67. The Morgan fingerprint density at radius 2 is 2.06 bits per heavy atom. The predicted octanol–water partition coefficient (Wildman–Crippen LogP) is 2.93. The molecule has 0 atom stereocenters. The van der Waals surface area contributed by atoms with Gasteiger partial charge in [-0.1, -0.05) is 20.8 Å². The van der Waals surface area contributed by atoms with E-state index in [4.69, 9.17) is 4.42 Å². The topological polar surface area (TPSA) is 28.4 Å². The molecule has 17 heavy (non-hydrogen) atoms. The Hall–Kier alpha value is -0.800. The summed E-state index contributed by atoms with van der Waals surface area (Å²) in [6.45, 7) is 13.7. The normalized spacial score (nSPS) is 11.4. The fraction of sp³-hybridized carbons (Fsp3) is 0.714. The standard InChI is InChI=1S/C14H26N2O/c1-5-8-16(7-3)11-13-9-14(10-15-6-2)17-12(13)4/h9,15H,5-8,10-11H2,1-4H3. The Kier molecular flexibility index (Phi) is 6.30. The maximum absolute atomic E-state index is 5.75. The van der Waals surface area contributed by atoms with Gasteiger partial charge < -0.3 is 9.73 Å². The first kappa shape index (κ1) is 14.3. The fourth-order valence-corrected chi connectivity index (χ4v) is 1.99. The molecule has 0 saturated heterocycles. The molecular weight excluding hydrogens is 212 g/mol. The Morgan fingerprint density at radius 1 is 1.29 bits per heavy atom. The van der Waals surface area contributed by atoms with Crippen LogP contribution >= 0.6 is 0 Å². The van der Waals surface area contributed by atoms with Crippen LogP contribution in [0.4, 0.5) is 0 Å². The van der Waals surface area contributed by atoms with Gasteiger partial charge in [0.05, 0.1) is 6.54 Å². The number of nitrogens with one attached hydrogen (secondary N) is 1. The number of aryl methyl sites for hydroxylation is 1. The molecule has 1 N–H and O–H groups in total. The van der Waals surface area contributed by atoms with E-state index < -0.39 is 0 Å². The van der Waals surface area contributed by atoms with Gasteiger partial charge in [0.1, 0.15) is 11.5 Å². The number of furan rings is 1. The third-order valence-corrected chi connectivity index (χ3v) is 3.00. The second kappa shape index (κ2) is 7.51. The van der Waals surface area contributed by atoms with Crippen molar-refractivity contribution in [1.82, 2.24) is 10.2 Å². The van der Waals surface area contributed by atoms with Crippen LogP contribution < -0.4 is 5.32 Å². The summed E-state index contributed by atoms with van der Waals surface area (Å²) in [5.41, 5.74) is 1.33. The van der Waals surface area contributed by atoms with Crippen LogP contribution in [0.1, 0.15) is 44.3 Å². The van der Waals surface area contributed by atoms with Gasteiger partial charge in [0.2, 0.25) is 0 Å². The lowest BCUT2D eigenvalue weighted by Crippen LogP contribution is -2.23. The molecule has 1 heterocycles. The van der Waals surface area contributed by atoms with Crippen molar-refractivity contribution in [1.29, 1.82) is 0 Å². The van der Waals surface area contributed by atoms with E-state index in [0.29, 0.717) is 0 Å². The maximum Gasteiger partial charge on any atom is 0.118 e. The van der Waals surface area contributed by atoms with Crippen LogP contribution in [0.15, 0.2) is 10.5 Å². The van der Waals surface area contributed by atoms with Gasteiger partial charge in [-0.2, -0.15) is 0 Å². The highest BCUT2D eigenvalue weighted by molar-refractivity contribution is 5.20. The Labute approximate surface area is 105 Å². The largest absolute Gasteiger partial charge is 0.465 e. The first-order chi connectivity index (χ1) is 8.21. The lowest BCUT2D eigenvalue weighted by molar-refractivity contribution is 0.278. The lowest BCUT2D eigenvalue weighted by atomic mass is 10.2. The van der Waals surface area contributed by atoms with Gasteiger partial charge in [-0.25, -0.2) is 0 Å². The van der Waals surface area contributed by atoms with E-state index in [1.54, 1.807) is 0 Å². The van der Waals surface area contributed by atoms with Crippen molar-refractivity contribution in [3.05, 3.63) is 23.2 Å². The number of hydrogen-bond acceptors (Lipinski definition) is 3. The van der Waals surface area contributed by atoms with Crippen molar-refractivity contribution < 1.29 is 4.42 Å². The molecule has 1 rings (SSSR count). The smallest absolute Gasteiger partial charge is 0.118 e. The van der Waals surface area contributed by atoms with Crippen LogP contribution in [0.3, 0.4) is 0 Å². The molecule has 0 fully saturated rings. The van der Waals surface area contributed by atoms with E-state index in [1.165, 1.54) is 12.0 Å². The molecular formula is C14H26N2O. The second-order valence-electron chi connectivity index (χ2n) is 4.44. The molecule has 98 valence electrons. The van der Waals surface area contributed by atoms with Crippen LogP contribution in [-0.2, 0) is 13.1 Å². The summed E-state index contributed by atoms with van der Waals surface area (Å²) in [6.07, 6.45) is 1.20. The van der Waals surface area contributed by atoms with Crippen molar-refractivity contribution in [2.45, 2.75) is 47.2 Å². The Morgan fingerprint density at radius 3 is 2.65 bits per heavy atom. The maximum atomic E-state index is 5.75. The fourth-order valence-electron chi connectivity index (χ4n) is 1.99. The lowest BCUT2D eigenvalue weighted by Gasteiger charge is -2.18. The quantitative estimate of drug-likeness (QED) is 0.755. The van der Waals surface area contributed by atoms with Crippen molar-refractivity contribution in [2.75, 3.05) is 19.6 Å². The molecule has 3 nitrogen and oxygen atoms in total. The van der Waals surface area contributed by atoms with Crippen molar-refractivity contribution in [3.63, 3.8) is 0 Å². The van der Waals surface area contributed by atoms with Crippen LogP contribution in [0.5, 0.6) is 0 Å². The van der Waals surface area contributed by atoms with E-state index in [1.807, 2.05) is 0 Å². The summed E-state index contributed by atoms with van der Waals surface area (Å²) in [4.78, 5) is 2.45. The Bertz CT molecular complexity index is 320. The molecule has 0 unspecified atom stereocenters. The van der Waals surface area contributed by atoms with Crippen LogP contribution in [0.2, 0.25) is 0 Å². The second-order valence-corrected chi connectivity index (χ2v) is 4.44. The molecule has 1 aromatic heterocycles. The van der Waals surface area contributed by atoms with Crippen molar-refractivity contribution in [3.8, 4) is 0 Å². The predicted molar refractivity (Wildman–Crippen MR) is 72.1 cm³/mol. The third-order valence-electron chi connectivity index (χ3n) is 3.00. The van der Waals surface area contributed by atoms with E-state index in [-0.39, 0.29) is 0 Å². The zero-order valence-corrected chi connectivity index (χ0v) is 11.7. The monoisotopic (exact) mass is 238 g/mol. The molecule has 0 saturated carbocycles. The highest BCUT2D eigenvalue weighted by Gasteiger charge is 2.10. The summed E-state index contributed by atoms with van der Waals surface area (Å²) in [7, 11) is 0. The van der Waals surface area contributed by atoms with Crippen LogP contribution in [0, 0.1) is 6.92 Å². The van der Waals surface area contributed by atoms with Crippen LogP contribution in [-0.4, -0.2) is 24.5 Å². The molecule has 0 aliphatic carbocycles. The molecule has 1 aromatic rings. The molecule has 0 aliphatic rings. The average molecular weight is 238 g/mol. The van der Waals surface area contributed by atoms with Crippen LogP contribution in [0.25, 0.3) is 0 Å². The molecule has 0 spiro atoms. The summed E-state index contributed by atoms with van der Waals surface area (Å²) < 4.78 is 5.75. The van der Waals surface area contributed by atoms with Gasteiger partial charge in [0, 0.05) is 12.1 Å². The van der Waals surface area contributed by atoms with Gasteiger partial charge in [-0.3, -0.25) is 4.90 Å². The molecule has 0 aliphatic heterocycles. The van der Waals surface area contributed by atoms with Gasteiger partial charge in [-0.15, -0.1) is 0 Å². The first-order valence-corrected chi connectivity index (χ1v) is 6.72. The summed E-state index contributed by atoms with van der Waals surface area (Å²) >= 11 is 0. The minimum atomic E-state index is 0.831. The molecule has 0 amide bonds. The molecule has 0 aromatic carbocycles. The minimum absolute atomic E-state index is 0.831.